The molecule has 0 saturated carbocycles. The Morgan fingerprint density at radius 1 is 1.03 bits per heavy atom. The molecule has 1 aliphatic heterocycles. The number of amides is 1. The molecular weight excluding hydrogens is 448 g/mol. The van der Waals surface area contributed by atoms with Gasteiger partial charge in [0.2, 0.25) is 10.0 Å². The van der Waals surface area contributed by atoms with E-state index in [2.05, 4.69) is 5.10 Å². The van der Waals surface area contributed by atoms with Crippen molar-refractivity contribution in [1.29, 1.82) is 5.26 Å². The number of rotatable bonds is 5. The van der Waals surface area contributed by atoms with Gasteiger partial charge in [-0.05, 0) is 36.4 Å². The number of hydrogen-bond donors (Lipinski definition) is 0. The molecule has 2 aromatic carbocycles. The molecule has 1 fully saturated rings. The Morgan fingerprint density at radius 2 is 1.67 bits per heavy atom. The summed E-state index contributed by atoms with van der Waals surface area (Å²) in [6, 6.07) is 13.4. The number of benzene rings is 2. The number of sulfonamides is 1. The van der Waals surface area contributed by atoms with Gasteiger partial charge in [0.05, 0.1) is 38.9 Å². The number of nitro benzene ring substituents is 1. The van der Waals surface area contributed by atoms with Gasteiger partial charge in [0.15, 0.2) is 0 Å². The van der Waals surface area contributed by atoms with Crippen LogP contribution in [0.1, 0.15) is 15.9 Å². The van der Waals surface area contributed by atoms with E-state index in [0.717, 1.165) is 0 Å². The van der Waals surface area contributed by atoms with Crippen LogP contribution in [0.5, 0.6) is 0 Å². The maximum absolute atomic E-state index is 12.9. The largest absolute Gasteiger partial charge is 0.336 e. The van der Waals surface area contributed by atoms with E-state index in [4.69, 9.17) is 5.26 Å². The van der Waals surface area contributed by atoms with Gasteiger partial charge in [0.25, 0.3) is 11.6 Å². The Labute approximate surface area is 189 Å². The monoisotopic (exact) mass is 466 g/mol. The van der Waals surface area contributed by atoms with Gasteiger partial charge < -0.3 is 4.90 Å². The van der Waals surface area contributed by atoms with Crippen molar-refractivity contribution >= 4 is 21.6 Å². The van der Waals surface area contributed by atoms with E-state index in [-0.39, 0.29) is 42.7 Å². The van der Waals surface area contributed by atoms with Crippen LogP contribution in [0.2, 0.25) is 0 Å². The quantitative estimate of drug-likeness (QED) is 0.412. The Bertz CT molecular complexity index is 1340. The number of carbonyl (C=O) groups excluding carboxylic acids is 1. The highest BCUT2D eigenvalue weighted by molar-refractivity contribution is 7.89. The van der Waals surface area contributed by atoms with Crippen LogP contribution in [0.4, 0.5) is 5.69 Å². The Kier molecular flexibility index (Phi) is 5.91. The summed E-state index contributed by atoms with van der Waals surface area (Å²) in [6.07, 6.45) is 2.94. The molecule has 0 spiro atoms. The molecule has 12 heteroatoms. The average molecular weight is 466 g/mol. The molecule has 0 radical (unpaired) electrons. The van der Waals surface area contributed by atoms with E-state index in [1.807, 2.05) is 6.07 Å². The molecule has 3 aromatic rings. The minimum Gasteiger partial charge on any atom is -0.336 e. The number of nitriles is 1. The van der Waals surface area contributed by atoms with Crippen LogP contribution in [-0.4, -0.2) is 64.4 Å². The molecule has 11 nitrogen and oxygen atoms in total. The summed E-state index contributed by atoms with van der Waals surface area (Å²) in [7, 11) is -3.72. The molecule has 0 unspecified atom stereocenters. The second-order valence-corrected chi connectivity index (χ2v) is 9.22. The lowest BCUT2D eigenvalue weighted by atomic mass is 10.2. The SMILES string of the molecule is N#Cc1ccc(S(=O)(=O)N2CCN(C(=O)c3cnn(-c4ccc([N+](=O)[O-])cc4)c3)CC2)cc1. The molecule has 0 bridgehead atoms. The Hall–Kier alpha value is -4.08. The first-order valence-electron chi connectivity index (χ1n) is 9.89. The average Bonchev–Trinajstić information content (AvgIpc) is 3.34. The lowest BCUT2D eigenvalue weighted by Crippen LogP contribution is -2.50. The zero-order valence-corrected chi connectivity index (χ0v) is 18.1. The van der Waals surface area contributed by atoms with Crippen LogP contribution in [0.15, 0.2) is 65.8 Å². The normalized spacial score (nSPS) is 14.6. The van der Waals surface area contributed by atoms with E-state index in [9.17, 15) is 23.3 Å². The molecule has 0 aliphatic carbocycles. The molecule has 1 amide bonds. The Morgan fingerprint density at radius 3 is 2.24 bits per heavy atom. The molecular formula is C21H18N6O5S. The van der Waals surface area contributed by atoms with Crippen molar-refractivity contribution in [3.63, 3.8) is 0 Å². The summed E-state index contributed by atoms with van der Waals surface area (Å²) >= 11 is 0. The predicted octanol–water partition coefficient (Wildman–Crippen LogP) is 1.80. The standard InChI is InChI=1S/C21H18N6O5S/c22-13-16-1-7-20(8-2-16)33(31,32)25-11-9-24(10-12-25)21(28)17-14-23-26(15-17)18-3-5-19(6-4-18)27(29)30/h1-8,14-15H,9-12H2. The smallest absolute Gasteiger partial charge is 0.269 e. The summed E-state index contributed by atoms with van der Waals surface area (Å²) in [5, 5.41) is 23.8. The number of piperazine rings is 1. The Balaban J connectivity index is 1.41. The zero-order chi connectivity index (χ0) is 23.6. The number of non-ortho nitro benzene ring substituents is 1. The summed E-state index contributed by atoms with van der Waals surface area (Å²) in [5.41, 5.74) is 1.23. The van der Waals surface area contributed by atoms with Crippen LogP contribution < -0.4 is 0 Å². The summed E-state index contributed by atoms with van der Waals surface area (Å²) in [5.74, 6) is -0.279. The minimum absolute atomic E-state index is 0.0453. The fourth-order valence-corrected chi connectivity index (χ4v) is 4.89. The maximum atomic E-state index is 12.9. The highest BCUT2D eigenvalue weighted by Gasteiger charge is 2.30. The first-order valence-corrected chi connectivity index (χ1v) is 11.3. The third-order valence-corrected chi connectivity index (χ3v) is 7.21. The topological polar surface area (TPSA) is 142 Å². The number of hydrogen-bond acceptors (Lipinski definition) is 7. The molecule has 168 valence electrons. The summed E-state index contributed by atoms with van der Waals surface area (Å²) < 4.78 is 28.5. The van der Waals surface area contributed by atoms with Crippen LogP contribution in [0.25, 0.3) is 5.69 Å². The predicted molar refractivity (Wildman–Crippen MR) is 116 cm³/mol. The molecule has 1 aromatic heterocycles. The number of nitrogens with zero attached hydrogens (tertiary/aromatic N) is 6. The van der Waals surface area contributed by atoms with Crippen molar-refractivity contribution in [3.8, 4) is 11.8 Å². The second-order valence-electron chi connectivity index (χ2n) is 7.28. The highest BCUT2D eigenvalue weighted by atomic mass is 32.2. The van der Waals surface area contributed by atoms with Crippen LogP contribution in [0.3, 0.4) is 0 Å². The van der Waals surface area contributed by atoms with Crippen molar-refractivity contribution < 1.29 is 18.1 Å². The first kappa shape index (κ1) is 22.1. The van der Waals surface area contributed by atoms with E-state index in [1.54, 1.807) is 4.90 Å². The molecule has 1 aliphatic rings. The van der Waals surface area contributed by atoms with E-state index in [1.165, 1.54) is 69.9 Å². The molecule has 1 saturated heterocycles. The van der Waals surface area contributed by atoms with Crippen LogP contribution >= 0.6 is 0 Å². The van der Waals surface area contributed by atoms with E-state index in [0.29, 0.717) is 16.8 Å². The lowest BCUT2D eigenvalue weighted by Gasteiger charge is -2.33. The van der Waals surface area contributed by atoms with Crippen molar-refractivity contribution in [3.05, 3.63) is 82.2 Å². The van der Waals surface area contributed by atoms with Crippen molar-refractivity contribution in [1.82, 2.24) is 19.0 Å². The fourth-order valence-electron chi connectivity index (χ4n) is 3.47. The van der Waals surface area contributed by atoms with Crippen LogP contribution in [0, 0.1) is 21.4 Å². The first-order chi connectivity index (χ1) is 15.8. The molecule has 0 N–H and O–H groups in total. The third kappa shape index (κ3) is 4.45. The van der Waals surface area contributed by atoms with Gasteiger partial charge in [-0.15, -0.1) is 0 Å². The van der Waals surface area contributed by atoms with Crippen molar-refractivity contribution in [2.24, 2.45) is 0 Å². The van der Waals surface area contributed by atoms with Crippen molar-refractivity contribution in [2.45, 2.75) is 4.90 Å². The number of aromatic nitrogens is 2. The van der Waals surface area contributed by atoms with Gasteiger partial charge in [-0.3, -0.25) is 14.9 Å². The number of nitro groups is 1. The summed E-state index contributed by atoms with van der Waals surface area (Å²) in [4.78, 5) is 24.8. The summed E-state index contributed by atoms with van der Waals surface area (Å²) in [6.45, 7) is 0.725. The van der Waals surface area contributed by atoms with Crippen molar-refractivity contribution in [2.75, 3.05) is 26.2 Å². The second kappa shape index (κ2) is 8.81. The molecule has 0 atom stereocenters. The zero-order valence-electron chi connectivity index (χ0n) is 17.2. The van der Waals surface area contributed by atoms with Gasteiger partial charge >= 0.3 is 0 Å². The van der Waals surface area contributed by atoms with Gasteiger partial charge in [-0.1, -0.05) is 0 Å². The highest BCUT2D eigenvalue weighted by Crippen LogP contribution is 2.20. The molecule has 33 heavy (non-hydrogen) atoms. The van der Waals surface area contributed by atoms with E-state index < -0.39 is 14.9 Å². The maximum Gasteiger partial charge on any atom is 0.269 e. The molecule has 2 heterocycles. The lowest BCUT2D eigenvalue weighted by molar-refractivity contribution is -0.384. The van der Waals surface area contributed by atoms with Gasteiger partial charge in [0, 0.05) is 44.5 Å². The minimum atomic E-state index is -3.72. The van der Waals surface area contributed by atoms with Gasteiger partial charge in [-0.25, -0.2) is 13.1 Å². The fraction of sp³-hybridized carbons (Fsp3) is 0.190. The van der Waals surface area contributed by atoms with Gasteiger partial charge in [0.1, 0.15) is 0 Å². The number of carbonyl (C=O) groups is 1. The van der Waals surface area contributed by atoms with Crippen LogP contribution in [-0.2, 0) is 10.0 Å². The van der Waals surface area contributed by atoms with E-state index >= 15 is 0 Å². The third-order valence-electron chi connectivity index (χ3n) is 5.30. The molecule has 4 rings (SSSR count). The van der Waals surface area contributed by atoms with Gasteiger partial charge in [-0.2, -0.15) is 14.7 Å².